The van der Waals surface area contributed by atoms with Gasteiger partial charge in [0.05, 0.1) is 11.4 Å². The highest BCUT2D eigenvalue weighted by Crippen LogP contribution is 2.20. The summed E-state index contributed by atoms with van der Waals surface area (Å²) in [5.41, 5.74) is 8.90. The Balaban J connectivity index is 1.28. The zero-order valence-electron chi connectivity index (χ0n) is 16.1. The zero-order chi connectivity index (χ0) is 19.8. The van der Waals surface area contributed by atoms with Gasteiger partial charge in [-0.1, -0.05) is 18.6 Å². The predicted octanol–water partition coefficient (Wildman–Crippen LogP) is 3.41. The smallest absolute Gasteiger partial charge is 0.251 e. The van der Waals surface area contributed by atoms with Crippen LogP contribution in [0.4, 0.5) is 17.1 Å². The second-order valence-electron chi connectivity index (χ2n) is 7.09. The van der Waals surface area contributed by atoms with Gasteiger partial charge in [-0.2, -0.15) is 0 Å². The van der Waals surface area contributed by atoms with Crippen LogP contribution >= 0.6 is 0 Å². The van der Waals surface area contributed by atoms with Gasteiger partial charge in [-0.25, -0.2) is 0 Å². The topological polar surface area (TPSA) is 87.5 Å². The van der Waals surface area contributed by atoms with Gasteiger partial charge in [0.1, 0.15) is 0 Å². The molecule has 1 saturated heterocycles. The lowest BCUT2D eigenvalue weighted by Gasteiger charge is -2.33. The lowest BCUT2D eigenvalue weighted by atomic mass is 10.1. The molecule has 1 heterocycles. The van der Waals surface area contributed by atoms with Crippen LogP contribution in [0, 0.1) is 0 Å². The fourth-order valence-electron chi connectivity index (χ4n) is 3.11. The zero-order valence-corrected chi connectivity index (χ0v) is 16.1. The molecule has 0 bridgehead atoms. The van der Waals surface area contributed by atoms with E-state index in [0.29, 0.717) is 29.9 Å². The van der Waals surface area contributed by atoms with E-state index >= 15 is 0 Å². The molecular weight excluding hydrogens is 352 g/mol. The molecule has 6 nitrogen and oxygen atoms in total. The minimum atomic E-state index is -0.0487. The van der Waals surface area contributed by atoms with Crippen LogP contribution in [-0.4, -0.2) is 31.4 Å². The van der Waals surface area contributed by atoms with Crippen molar-refractivity contribution in [1.82, 2.24) is 5.32 Å². The van der Waals surface area contributed by atoms with Crippen LogP contribution in [0.25, 0.3) is 0 Å². The van der Waals surface area contributed by atoms with Gasteiger partial charge in [-0.15, -0.1) is 0 Å². The molecule has 0 unspecified atom stereocenters. The molecule has 0 spiro atoms. The SMILES string of the molecule is Nc1ccccc1NC(=O)CCCCCNC(=O)c1ccc(N2CCC2)cc1. The minimum absolute atomic E-state index is 0.0378. The first kappa shape index (κ1) is 19.7. The molecule has 148 valence electrons. The van der Waals surface area contributed by atoms with Gasteiger partial charge >= 0.3 is 0 Å². The fourth-order valence-corrected chi connectivity index (χ4v) is 3.11. The first-order valence-electron chi connectivity index (χ1n) is 9.91. The Morgan fingerprint density at radius 2 is 1.71 bits per heavy atom. The third-order valence-corrected chi connectivity index (χ3v) is 4.95. The standard InChI is InChI=1S/C22H28N4O2/c23-19-7-3-4-8-20(19)25-21(27)9-2-1-5-14-24-22(28)17-10-12-18(13-11-17)26-15-6-16-26/h3-4,7-8,10-13H,1-2,5-6,9,14-16,23H2,(H,24,28)(H,25,27). The predicted molar refractivity (Wildman–Crippen MR) is 114 cm³/mol. The van der Waals surface area contributed by atoms with E-state index in [1.807, 2.05) is 36.4 Å². The van der Waals surface area contributed by atoms with Crippen molar-refractivity contribution in [3.05, 3.63) is 54.1 Å². The number of benzene rings is 2. The molecule has 2 amide bonds. The number of carbonyl (C=O) groups is 2. The number of nitrogens with zero attached hydrogens (tertiary/aromatic N) is 1. The van der Waals surface area contributed by atoms with Crippen molar-refractivity contribution < 1.29 is 9.59 Å². The summed E-state index contributed by atoms with van der Waals surface area (Å²) in [6.45, 7) is 2.81. The first-order chi connectivity index (χ1) is 13.6. The van der Waals surface area contributed by atoms with Gasteiger partial charge in [0.2, 0.25) is 5.91 Å². The summed E-state index contributed by atoms with van der Waals surface area (Å²) in [7, 11) is 0. The van der Waals surface area contributed by atoms with Gasteiger partial charge < -0.3 is 21.3 Å². The highest BCUT2D eigenvalue weighted by molar-refractivity contribution is 5.94. The molecule has 0 aromatic heterocycles. The molecule has 2 aromatic carbocycles. The second kappa shape index (κ2) is 9.78. The number of nitrogens with one attached hydrogen (secondary N) is 2. The first-order valence-corrected chi connectivity index (χ1v) is 9.91. The second-order valence-corrected chi connectivity index (χ2v) is 7.09. The third kappa shape index (κ3) is 5.49. The molecular formula is C22H28N4O2. The number of anilines is 3. The Labute approximate surface area is 166 Å². The summed E-state index contributed by atoms with van der Waals surface area (Å²) in [6, 6.07) is 15.0. The number of para-hydroxylation sites is 2. The van der Waals surface area contributed by atoms with Crippen molar-refractivity contribution in [2.24, 2.45) is 0 Å². The van der Waals surface area contributed by atoms with E-state index in [2.05, 4.69) is 15.5 Å². The van der Waals surface area contributed by atoms with Crippen LogP contribution in [0.2, 0.25) is 0 Å². The van der Waals surface area contributed by atoms with Crippen molar-refractivity contribution in [3.8, 4) is 0 Å². The quantitative estimate of drug-likeness (QED) is 0.460. The van der Waals surface area contributed by atoms with Crippen molar-refractivity contribution >= 4 is 28.9 Å². The molecule has 0 saturated carbocycles. The van der Waals surface area contributed by atoms with Crippen LogP contribution in [-0.2, 0) is 4.79 Å². The Bertz CT molecular complexity index is 800. The average molecular weight is 380 g/mol. The van der Waals surface area contributed by atoms with Crippen molar-refractivity contribution in [3.63, 3.8) is 0 Å². The largest absolute Gasteiger partial charge is 0.397 e. The van der Waals surface area contributed by atoms with Gasteiger partial charge in [-0.05, 0) is 55.7 Å². The number of rotatable bonds is 9. The molecule has 1 aliphatic rings. The highest BCUT2D eigenvalue weighted by Gasteiger charge is 2.14. The van der Waals surface area contributed by atoms with Crippen LogP contribution < -0.4 is 21.3 Å². The molecule has 3 rings (SSSR count). The van der Waals surface area contributed by atoms with Gasteiger partial charge in [0.25, 0.3) is 5.91 Å². The molecule has 1 aliphatic heterocycles. The third-order valence-electron chi connectivity index (χ3n) is 4.95. The lowest BCUT2D eigenvalue weighted by Crippen LogP contribution is -2.36. The van der Waals surface area contributed by atoms with E-state index in [0.717, 1.165) is 32.4 Å². The van der Waals surface area contributed by atoms with E-state index in [9.17, 15) is 9.59 Å². The molecule has 0 aliphatic carbocycles. The summed E-state index contributed by atoms with van der Waals surface area (Å²) < 4.78 is 0. The molecule has 0 radical (unpaired) electrons. The van der Waals surface area contributed by atoms with E-state index in [-0.39, 0.29) is 11.8 Å². The van der Waals surface area contributed by atoms with E-state index in [4.69, 9.17) is 5.73 Å². The van der Waals surface area contributed by atoms with E-state index < -0.39 is 0 Å². The summed E-state index contributed by atoms with van der Waals surface area (Å²) in [6.07, 6.45) is 4.19. The molecule has 2 aromatic rings. The number of hydrogen-bond donors (Lipinski definition) is 3. The summed E-state index contributed by atoms with van der Waals surface area (Å²) in [4.78, 5) is 26.4. The number of carbonyl (C=O) groups excluding carboxylic acids is 2. The number of nitrogen functional groups attached to an aromatic ring is 1. The fraction of sp³-hybridized carbons (Fsp3) is 0.364. The Hall–Kier alpha value is -3.02. The van der Waals surface area contributed by atoms with Gasteiger partial charge in [-0.3, -0.25) is 9.59 Å². The number of unbranched alkanes of at least 4 members (excludes halogenated alkanes) is 2. The highest BCUT2D eigenvalue weighted by atomic mass is 16.2. The number of amides is 2. The summed E-state index contributed by atoms with van der Waals surface area (Å²) >= 11 is 0. The van der Waals surface area contributed by atoms with E-state index in [1.54, 1.807) is 12.1 Å². The minimum Gasteiger partial charge on any atom is -0.397 e. The normalized spacial score (nSPS) is 12.9. The van der Waals surface area contributed by atoms with Crippen LogP contribution in [0.5, 0.6) is 0 Å². The maximum absolute atomic E-state index is 12.2. The molecule has 0 atom stereocenters. The van der Waals surface area contributed by atoms with Gasteiger partial charge in [0, 0.05) is 37.3 Å². The number of nitrogens with two attached hydrogens (primary N) is 1. The monoisotopic (exact) mass is 380 g/mol. The molecule has 28 heavy (non-hydrogen) atoms. The lowest BCUT2D eigenvalue weighted by molar-refractivity contribution is -0.116. The Morgan fingerprint density at radius 1 is 0.964 bits per heavy atom. The van der Waals surface area contributed by atoms with E-state index in [1.165, 1.54) is 12.1 Å². The molecule has 6 heteroatoms. The maximum Gasteiger partial charge on any atom is 0.251 e. The molecule has 1 fully saturated rings. The van der Waals surface area contributed by atoms with Crippen LogP contribution in [0.15, 0.2) is 48.5 Å². The van der Waals surface area contributed by atoms with Crippen molar-refractivity contribution in [1.29, 1.82) is 0 Å². The average Bonchev–Trinajstić information content (AvgIpc) is 2.65. The van der Waals surface area contributed by atoms with Gasteiger partial charge in [0.15, 0.2) is 0 Å². The Morgan fingerprint density at radius 3 is 2.39 bits per heavy atom. The number of hydrogen-bond acceptors (Lipinski definition) is 4. The summed E-state index contributed by atoms with van der Waals surface area (Å²) in [5, 5.41) is 5.77. The van der Waals surface area contributed by atoms with Crippen molar-refractivity contribution in [2.45, 2.75) is 32.1 Å². The summed E-state index contributed by atoms with van der Waals surface area (Å²) in [5.74, 6) is -0.0864. The maximum atomic E-state index is 12.2. The van der Waals surface area contributed by atoms with Crippen LogP contribution in [0.3, 0.4) is 0 Å². The van der Waals surface area contributed by atoms with Crippen molar-refractivity contribution in [2.75, 3.05) is 35.6 Å². The Kier molecular flexibility index (Phi) is 6.89. The van der Waals surface area contributed by atoms with Crippen LogP contribution in [0.1, 0.15) is 42.5 Å². The molecule has 4 N–H and O–H groups in total.